The van der Waals surface area contributed by atoms with Crippen molar-refractivity contribution in [3.05, 3.63) is 22.8 Å². The molecule has 29 heavy (non-hydrogen) atoms. The van der Waals surface area contributed by atoms with Gasteiger partial charge in [0.15, 0.2) is 0 Å². The van der Waals surface area contributed by atoms with E-state index in [1.165, 1.54) is 12.8 Å². The summed E-state index contributed by atoms with van der Waals surface area (Å²) in [5, 5.41) is 29.6. The molecule has 0 spiro atoms. The lowest BCUT2D eigenvalue weighted by Gasteiger charge is -2.17. The van der Waals surface area contributed by atoms with E-state index in [-0.39, 0.29) is 12.3 Å². The molecule has 6 heteroatoms. The van der Waals surface area contributed by atoms with Crippen LogP contribution in [0.4, 0.5) is 0 Å². The largest absolute Gasteiger partial charge is 0.497 e. The van der Waals surface area contributed by atoms with Crippen molar-refractivity contribution in [3.8, 4) is 0 Å². The average molecular weight is 429 g/mol. The molecule has 0 saturated carbocycles. The number of aliphatic hydroxyl groups is 2. The summed E-state index contributed by atoms with van der Waals surface area (Å²) in [6.45, 7) is 6.87. The standard InChI is InChI=1S/C23H40O5S/c1-4-6-10-17(3)15-18(24)12-13-19-20(25)16-21(28-5-2)23(19)29-14-9-7-8-11-22(26)27/h12-13,17-20,24-25H,4-11,14-16H2,1-3H3,(H,26,27)/b13-12+/t17-,18-,19+,20-/m1/s1. The molecule has 0 heterocycles. The molecule has 0 aromatic heterocycles. The maximum Gasteiger partial charge on any atom is 0.303 e. The Labute approximate surface area is 180 Å². The van der Waals surface area contributed by atoms with Crippen molar-refractivity contribution in [2.45, 2.75) is 90.8 Å². The Bertz CT molecular complexity index is 531. The van der Waals surface area contributed by atoms with Crippen molar-refractivity contribution >= 4 is 17.7 Å². The van der Waals surface area contributed by atoms with Crippen LogP contribution >= 0.6 is 11.8 Å². The molecule has 3 N–H and O–H groups in total. The predicted molar refractivity (Wildman–Crippen MR) is 120 cm³/mol. The SMILES string of the molecule is CCCC[C@@H](C)C[C@H](O)/C=C/[C@@H]1C(SCCCCCC(=O)O)=C(OCC)C[C@H]1O. The second-order valence-corrected chi connectivity index (χ2v) is 9.14. The number of aliphatic carboxylic acids is 1. The molecule has 0 radical (unpaired) electrons. The fourth-order valence-corrected chi connectivity index (χ4v) is 4.92. The van der Waals surface area contributed by atoms with Crippen molar-refractivity contribution in [1.29, 1.82) is 0 Å². The Morgan fingerprint density at radius 1 is 1.28 bits per heavy atom. The molecule has 0 unspecified atom stereocenters. The van der Waals surface area contributed by atoms with Crippen LogP contribution in [-0.4, -0.2) is 45.9 Å². The molecule has 0 aromatic rings. The number of carbonyl (C=O) groups is 1. The fraction of sp³-hybridized carbons (Fsp3) is 0.783. The molecule has 0 fully saturated rings. The van der Waals surface area contributed by atoms with Gasteiger partial charge in [0.05, 0.1) is 18.8 Å². The molecule has 0 amide bonds. The lowest BCUT2D eigenvalue weighted by Crippen LogP contribution is -2.15. The highest BCUT2D eigenvalue weighted by Crippen LogP contribution is 2.41. The van der Waals surface area contributed by atoms with Crippen LogP contribution < -0.4 is 0 Å². The number of thioether (sulfide) groups is 1. The minimum absolute atomic E-state index is 0.138. The summed E-state index contributed by atoms with van der Waals surface area (Å²) in [6.07, 6.45) is 10.2. The topological polar surface area (TPSA) is 87.0 Å². The summed E-state index contributed by atoms with van der Waals surface area (Å²) in [4.78, 5) is 11.7. The first kappa shape index (κ1) is 26.1. The zero-order valence-corrected chi connectivity index (χ0v) is 19.1. The van der Waals surface area contributed by atoms with Gasteiger partial charge in [-0.1, -0.05) is 51.7 Å². The second-order valence-electron chi connectivity index (χ2n) is 8.01. The number of ether oxygens (including phenoxy) is 1. The van der Waals surface area contributed by atoms with Gasteiger partial charge in [-0.2, -0.15) is 0 Å². The van der Waals surface area contributed by atoms with E-state index in [9.17, 15) is 15.0 Å². The van der Waals surface area contributed by atoms with Gasteiger partial charge in [-0.3, -0.25) is 4.79 Å². The quantitative estimate of drug-likeness (QED) is 0.233. The number of hydrogen-bond donors (Lipinski definition) is 3. The smallest absolute Gasteiger partial charge is 0.303 e. The van der Waals surface area contributed by atoms with Gasteiger partial charge in [0.2, 0.25) is 0 Å². The van der Waals surface area contributed by atoms with Gasteiger partial charge in [-0.05, 0) is 37.9 Å². The Morgan fingerprint density at radius 3 is 2.69 bits per heavy atom. The summed E-state index contributed by atoms with van der Waals surface area (Å²) in [5.41, 5.74) is 0. The molecule has 168 valence electrons. The van der Waals surface area contributed by atoms with E-state index in [2.05, 4.69) is 13.8 Å². The molecule has 5 nitrogen and oxygen atoms in total. The molecule has 0 aromatic carbocycles. The molecule has 0 bridgehead atoms. The van der Waals surface area contributed by atoms with E-state index in [4.69, 9.17) is 9.84 Å². The van der Waals surface area contributed by atoms with Crippen LogP contribution in [0, 0.1) is 11.8 Å². The number of rotatable bonds is 16. The monoisotopic (exact) mass is 428 g/mol. The molecular weight excluding hydrogens is 388 g/mol. The summed E-state index contributed by atoms with van der Waals surface area (Å²) < 4.78 is 5.77. The van der Waals surface area contributed by atoms with E-state index in [0.717, 1.165) is 42.1 Å². The Kier molecular flexibility index (Phi) is 13.4. The highest BCUT2D eigenvalue weighted by atomic mass is 32.2. The lowest BCUT2D eigenvalue weighted by atomic mass is 9.96. The number of carboxylic acids is 1. The van der Waals surface area contributed by atoms with Crippen molar-refractivity contribution in [2.75, 3.05) is 12.4 Å². The zero-order valence-electron chi connectivity index (χ0n) is 18.3. The van der Waals surface area contributed by atoms with Gasteiger partial charge in [0.1, 0.15) is 5.76 Å². The number of unbranched alkanes of at least 4 members (excludes halogenated alkanes) is 3. The molecule has 4 atom stereocenters. The van der Waals surface area contributed by atoms with Gasteiger partial charge in [0.25, 0.3) is 0 Å². The predicted octanol–water partition coefficient (Wildman–Crippen LogP) is 5.13. The summed E-state index contributed by atoms with van der Waals surface area (Å²) >= 11 is 1.69. The molecule has 1 aliphatic rings. The van der Waals surface area contributed by atoms with Crippen molar-refractivity contribution in [3.63, 3.8) is 0 Å². The lowest BCUT2D eigenvalue weighted by molar-refractivity contribution is -0.137. The first-order valence-electron chi connectivity index (χ1n) is 11.1. The van der Waals surface area contributed by atoms with Gasteiger partial charge >= 0.3 is 5.97 Å². The van der Waals surface area contributed by atoms with Crippen molar-refractivity contribution < 1.29 is 24.9 Å². The van der Waals surface area contributed by atoms with E-state index >= 15 is 0 Å². The Balaban J connectivity index is 2.61. The molecule has 1 aliphatic carbocycles. The van der Waals surface area contributed by atoms with Crippen LogP contribution in [0.3, 0.4) is 0 Å². The number of hydrogen-bond acceptors (Lipinski definition) is 5. The average Bonchev–Trinajstić information content (AvgIpc) is 2.95. The van der Waals surface area contributed by atoms with Crippen molar-refractivity contribution in [2.24, 2.45) is 11.8 Å². The number of aliphatic hydroxyl groups excluding tert-OH is 2. The summed E-state index contributed by atoms with van der Waals surface area (Å²) in [5.74, 6) is 1.33. The van der Waals surface area contributed by atoms with E-state index in [0.29, 0.717) is 25.4 Å². The molecule has 1 rings (SSSR count). The Hall–Kier alpha value is -0.980. The van der Waals surface area contributed by atoms with Crippen LogP contribution in [-0.2, 0) is 9.53 Å². The normalized spacial score (nSPS) is 21.7. The van der Waals surface area contributed by atoms with E-state index in [1.807, 2.05) is 19.1 Å². The van der Waals surface area contributed by atoms with E-state index < -0.39 is 18.2 Å². The van der Waals surface area contributed by atoms with E-state index in [1.54, 1.807) is 11.8 Å². The third kappa shape index (κ3) is 10.6. The highest BCUT2D eigenvalue weighted by Gasteiger charge is 2.33. The first-order chi connectivity index (χ1) is 13.9. The summed E-state index contributed by atoms with van der Waals surface area (Å²) in [7, 11) is 0. The third-order valence-corrected chi connectivity index (χ3v) is 6.54. The minimum Gasteiger partial charge on any atom is -0.497 e. The fourth-order valence-electron chi connectivity index (χ4n) is 3.62. The summed E-state index contributed by atoms with van der Waals surface area (Å²) in [6, 6.07) is 0. The van der Waals surface area contributed by atoms with Crippen LogP contribution in [0.15, 0.2) is 22.8 Å². The van der Waals surface area contributed by atoms with Gasteiger partial charge in [-0.15, -0.1) is 11.8 Å². The van der Waals surface area contributed by atoms with Crippen molar-refractivity contribution in [1.82, 2.24) is 0 Å². The van der Waals surface area contributed by atoms with Gasteiger partial charge < -0.3 is 20.1 Å². The molecule has 0 saturated heterocycles. The second kappa shape index (κ2) is 14.9. The maximum atomic E-state index is 10.6. The Morgan fingerprint density at radius 2 is 2.03 bits per heavy atom. The van der Waals surface area contributed by atoms with Crippen LogP contribution in [0.1, 0.15) is 78.6 Å². The minimum atomic E-state index is -0.745. The van der Waals surface area contributed by atoms with Crippen LogP contribution in [0.2, 0.25) is 0 Å². The highest BCUT2D eigenvalue weighted by molar-refractivity contribution is 8.03. The van der Waals surface area contributed by atoms with Gasteiger partial charge in [0, 0.05) is 23.7 Å². The third-order valence-electron chi connectivity index (χ3n) is 5.23. The molecular formula is C23H40O5S. The maximum absolute atomic E-state index is 10.6. The molecule has 0 aliphatic heterocycles. The van der Waals surface area contributed by atoms with Crippen LogP contribution in [0.5, 0.6) is 0 Å². The van der Waals surface area contributed by atoms with Gasteiger partial charge in [-0.25, -0.2) is 0 Å². The first-order valence-corrected chi connectivity index (χ1v) is 12.1. The zero-order chi connectivity index (χ0) is 21.6. The van der Waals surface area contributed by atoms with Crippen LogP contribution in [0.25, 0.3) is 0 Å². The number of carboxylic acid groups (broad SMARTS) is 1.